The molecule has 0 spiro atoms. The zero-order valence-corrected chi connectivity index (χ0v) is 21.6. The fourth-order valence-corrected chi connectivity index (χ4v) is 4.43. The largest absolute Gasteiger partial charge is 0.322 e. The van der Waals surface area contributed by atoms with Gasteiger partial charge in [0, 0.05) is 26.9 Å². The van der Waals surface area contributed by atoms with Crippen LogP contribution in [0.15, 0.2) is 89.4 Å². The van der Waals surface area contributed by atoms with Gasteiger partial charge in [-0.25, -0.2) is 4.90 Å². The number of nitrogens with zero attached hydrogens (tertiary/aromatic N) is 1. The van der Waals surface area contributed by atoms with Gasteiger partial charge in [0.25, 0.3) is 17.7 Å². The van der Waals surface area contributed by atoms with Crippen molar-refractivity contribution >= 4 is 50.8 Å². The second-order valence-corrected chi connectivity index (χ2v) is 9.76. The van der Waals surface area contributed by atoms with Crippen LogP contribution in [0.25, 0.3) is 0 Å². The number of carbonyl (C=O) groups is 4. The lowest BCUT2D eigenvalue weighted by atomic mass is 9.99. The summed E-state index contributed by atoms with van der Waals surface area (Å²) in [5, 5.41) is 2.77. The Kier molecular flexibility index (Phi) is 6.31. The lowest BCUT2D eigenvalue weighted by molar-refractivity contribution is 0.0924. The van der Waals surface area contributed by atoms with Crippen LogP contribution in [0.4, 0.5) is 11.4 Å². The molecule has 0 fully saturated rings. The zero-order valence-electron chi connectivity index (χ0n) is 20.0. The van der Waals surface area contributed by atoms with Crippen molar-refractivity contribution in [3.8, 4) is 0 Å². The number of hydrogen-bond acceptors (Lipinski definition) is 4. The van der Waals surface area contributed by atoms with Gasteiger partial charge in [0.15, 0.2) is 5.78 Å². The minimum Gasteiger partial charge on any atom is -0.322 e. The van der Waals surface area contributed by atoms with E-state index in [9.17, 15) is 19.2 Å². The fourth-order valence-electron chi connectivity index (χ4n) is 4.17. The van der Waals surface area contributed by atoms with Gasteiger partial charge in [-0.3, -0.25) is 19.2 Å². The van der Waals surface area contributed by atoms with E-state index in [4.69, 9.17) is 0 Å². The summed E-state index contributed by atoms with van der Waals surface area (Å²) in [4.78, 5) is 52.8. The molecule has 0 unspecified atom stereocenters. The highest BCUT2D eigenvalue weighted by Gasteiger charge is 2.37. The summed E-state index contributed by atoms with van der Waals surface area (Å²) < 4.78 is 0.855. The van der Waals surface area contributed by atoms with E-state index in [1.807, 2.05) is 26.0 Å². The normalized spacial score (nSPS) is 12.5. The molecule has 1 aliphatic rings. The smallest absolute Gasteiger partial charge is 0.266 e. The molecule has 182 valence electrons. The Bertz CT molecular complexity index is 1590. The SMILES string of the molecule is Cc1ccc(C(=O)c2ccc(N3C(=O)c4ccc(NC(=O)c5ccc(Br)cc5)cc4C3=O)cc2)cc1C. The Morgan fingerprint density at radius 1 is 0.676 bits per heavy atom. The van der Waals surface area contributed by atoms with Crippen molar-refractivity contribution in [1.29, 1.82) is 0 Å². The number of rotatable bonds is 5. The third-order valence-corrected chi connectivity index (χ3v) is 6.94. The van der Waals surface area contributed by atoms with Crippen LogP contribution in [0.5, 0.6) is 0 Å². The molecule has 7 heteroatoms. The van der Waals surface area contributed by atoms with Gasteiger partial charge in [-0.05, 0) is 97.8 Å². The highest BCUT2D eigenvalue weighted by atomic mass is 79.9. The Hall–Kier alpha value is -4.36. The fraction of sp³-hybridized carbons (Fsp3) is 0.0667. The molecule has 5 rings (SSSR count). The molecule has 0 aromatic heterocycles. The van der Waals surface area contributed by atoms with E-state index in [1.54, 1.807) is 60.7 Å². The van der Waals surface area contributed by atoms with Crippen LogP contribution in [0, 0.1) is 13.8 Å². The van der Waals surface area contributed by atoms with Crippen LogP contribution in [0.3, 0.4) is 0 Å². The molecule has 0 radical (unpaired) electrons. The lowest BCUT2D eigenvalue weighted by Crippen LogP contribution is -2.29. The number of halogens is 1. The molecule has 3 amide bonds. The van der Waals surface area contributed by atoms with Crippen LogP contribution >= 0.6 is 15.9 Å². The molecule has 0 aliphatic carbocycles. The van der Waals surface area contributed by atoms with Crippen molar-refractivity contribution in [2.45, 2.75) is 13.8 Å². The van der Waals surface area contributed by atoms with Gasteiger partial charge < -0.3 is 5.32 Å². The average molecular weight is 553 g/mol. The molecular formula is C30H21BrN2O4. The molecule has 4 aromatic rings. The first-order valence-electron chi connectivity index (χ1n) is 11.5. The van der Waals surface area contributed by atoms with Crippen molar-refractivity contribution in [3.05, 3.63) is 128 Å². The predicted molar refractivity (Wildman–Crippen MR) is 145 cm³/mol. The van der Waals surface area contributed by atoms with Crippen molar-refractivity contribution in [2.75, 3.05) is 10.2 Å². The average Bonchev–Trinajstić information content (AvgIpc) is 3.14. The van der Waals surface area contributed by atoms with Gasteiger partial charge >= 0.3 is 0 Å². The van der Waals surface area contributed by atoms with E-state index < -0.39 is 11.8 Å². The van der Waals surface area contributed by atoms with Gasteiger partial charge in [-0.2, -0.15) is 0 Å². The molecule has 1 heterocycles. The molecule has 1 aliphatic heterocycles. The lowest BCUT2D eigenvalue weighted by Gasteiger charge is -2.14. The van der Waals surface area contributed by atoms with Crippen LogP contribution in [0.1, 0.15) is 58.1 Å². The van der Waals surface area contributed by atoms with Crippen molar-refractivity contribution < 1.29 is 19.2 Å². The van der Waals surface area contributed by atoms with Gasteiger partial charge in [0.05, 0.1) is 16.8 Å². The molecule has 0 saturated heterocycles. The van der Waals surface area contributed by atoms with E-state index in [0.29, 0.717) is 28.1 Å². The van der Waals surface area contributed by atoms with Crippen molar-refractivity contribution in [1.82, 2.24) is 0 Å². The third kappa shape index (κ3) is 4.61. The maximum absolute atomic E-state index is 13.2. The highest BCUT2D eigenvalue weighted by molar-refractivity contribution is 9.10. The molecule has 37 heavy (non-hydrogen) atoms. The number of ketones is 1. The Morgan fingerprint density at radius 2 is 1.30 bits per heavy atom. The molecule has 0 saturated carbocycles. The summed E-state index contributed by atoms with van der Waals surface area (Å²) in [6.45, 7) is 3.94. The minimum absolute atomic E-state index is 0.136. The summed E-state index contributed by atoms with van der Waals surface area (Å²) in [6, 6.07) is 23.5. The first kappa shape index (κ1) is 24.3. The monoisotopic (exact) mass is 552 g/mol. The number of carbonyl (C=O) groups excluding carboxylic acids is 4. The summed E-state index contributed by atoms with van der Waals surface area (Å²) in [6.07, 6.45) is 0. The van der Waals surface area contributed by atoms with Crippen LogP contribution in [0.2, 0.25) is 0 Å². The first-order valence-corrected chi connectivity index (χ1v) is 12.3. The van der Waals surface area contributed by atoms with Gasteiger partial charge in [0.2, 0.25) is 0 Å². The number of benzene rings is 4. The van der Waals surface area contributed by atoms with E-state index in [-0.39, 0.29) is 22.8 Å². The summed E-state index contributed by atoms with van der Waals surface area (Å²) in [5.41, 5.74) is 4.86. The third-order valence-electron chi connectivity index (χ3n) is 6.41. The molecular weight excluding hydrogens is 532 g/mol. The molecule has 4 aromatic carbocycles. The van der Waals surface area contributed by atoms with E-state index in [0.717, 1.165) is 20.5 Å². The predicted octanol–water partition coefficient (Wildman–Crippen LogP) is 6.35. The van der Waals surface area contributed by atoms with Crippen molar-refractivity contribution in [2.24, 2.45) is 0 Å². The Balaban J connectivity index is 1.36. The summed E-state index contributed by atoms with van der Waals surface area (Å²) >= 11 is 3.34. The number of anilines is 2. The quantitative estimate of drug-likeness (QED) is 0.231. The molecule has 1 N–H and O–H groups in total. The molecule has 0 atom stereocenters. The second kappa shape index (κ2) is 9.59. The number of imide groups is 1. The molecule has 6 nitrogen and oxygen atoms in total. The first-order chi connectivity index (χ1) is 17.7. The topological polar surface area (TPSA) is 83.6 Å². The number of hydrogen-bond donors (Lipinski definition) is 1. The number of aryl methyl sites for hydroxylation is 2. The highest BCUT2D eigenvalue weighted by Crippen LogP contribution is 2.31. The van der Waals surface area contributed by atoms with Crippen LogP contribution < -0.4 is 10.2 Å². The van der Waals surface area contributed by atoms with Gasteiger partial charge in [-0.1, -0.05) is 28.1 Å². The Morgan fingerprint density at radius 3 is 1.97 bits per heavy atom. The second-order valence-electron chi connectivity index (χ2n) is 8.84. The number of fused-ring (bicyclic) bond motifs is 1. The molecule has 0 bridgehead atoms. The minimum atomic E-state index is -0.493. The van der Waals surface area contributed by atoms with E-state index in [1.165, 1.54) is 12.1 Å². The van der Waals surface area contributed by atoms with Gasteiger partial charge in [0.1, 0.15) is 0 Å². The number of nitrogens with one attached hydrogen (secondary N) is 1. The zero-order chi connectivity index (χ0) is 26.3. The van der Waals surface area contributed by atoms with Crippen molar-refractivity contribution in [3.63, 3.8) is 0 Å². The Labute approximate surface area is 222 Å². The van der Waals surface area contributed by atoms with E-state index in [2.05, 4.69) is 21.2 Å². The van der Waals surface area contributed by atoms with Crippen LogP contribution in [-0.2, 0) is 0 Å². The van der Waals surface area contributed by atoms with Crippen LogP contribution in [-0.4, -0.2) is 23.5 Å². The van der Waals surface area contributed by atoms with Gasteiger partial charge in [-0.15, -0.1) is 0 Å². The maximum Gasteiger partial charge on any atom is 0.266 e. The summed E-state index contributed by atoms with van der Waals surface area (Å²) in [7, 11) is 0. The standard InChI is InChI=1S/C30H21BrN2O4/c1-17-3-4-21(15-18(17)2)27(34)19-7-12-24(13-8-19)33-29(36)25-14-11-23(16-26(25)30(33)37)32-28(35)20-5-9-22(31)10-6-20/h3-16H,1-2H3,(H,32,35). The maximum atomic E-state index is 13.2. The number of amides is 3. The van der Waals surface area contributed by atoms with E-state index >= 15 is 0 Å². The summed E-state index contributed by atoms with van der Waals surface area (Å²) in [5.74, 6) is -1.42.